The quantitative estimate of drug-likeness (QED) is 0.430. The van der Waals surface area contributed by atoms with E-state index in [1.807, 2.05) is 52.0 Å². The van der Waals surface area contributed by atoms with E-state index in [4.69, 9.17) is 4.74 Å². The number of phenolic OH excluding ortho intramolecular Hbond substituents is 1. The molecule has 0 bridgehead atoms. The first-order chi connectivity index (χ1) is 15.8. The van der Waals surface area contributed by atoms with E-state index in [1.165, 1.54) is 24.3 Å². The molecule has 1 aliphatic heterocycles. The third-order valence-corrected chi connectivity index (χ3v) is 6.51. The van der Waals surface area contributed by atoms with Crippen molar-refractivity contribution >= 4 is 17.9 Å². The molecule has 3 amide bonds. The summed E-state index contributed by atoms with van der Waals surface area (Å²) in [7, 11) is 0. The number of esters is 1. The van der Waals surface area contributed by atoms with Crippen molar-refractivity contribution in [2.75, 3.05) is 0 Å². The Balaban J connectivity index is 1.83. The van der Waals surface area contributed by atoms with Gasteiger partial charge < -0.3 is 15.2 Å². The fourth-order valence-corrected chi connectivity index (χ4v) is 4.29. The molecule has 33 heavy (non-hydrogen) atoms. The van der Waals surface area contributed by atoms with E-state index in [2.05, 4.69) is 5.32 Å². The molecule has 7 heteroatoms. The van der Waals surface area contributed by atoms with Crippen LogP contribution in [0.3, 0.4) is 0 Å². The van der Waals surface area contributed by atoms with Gasteiger partial charge in [0.1, 0.15) is 11.2 Å². The van der Waals surface area contributed by atoms with Gasteiger partial charge >= 0.3 is 12.0 Å². The van der Waals surface area contributed by atoms with Crippen LogP contribution in [0.1, 0.15) is 74.0 Å². The second-order valence-corrected chi connectivity index (χ2v) is 8.54. The highest BCUT2D eigenvalue weighted by Gasteiger charge is 2.63. The van der Waals surface area contributed by atoms with Gasteiger partial charge in [-0.1, -0.05) is 57.0 Å². The SMILES string of the molecule is CCC[C@@H](NC(=O)N1C(=O)C(CC)(CC)[C@@H]1OC(=O)c1ccc(O)cc1)c1ccc(C)cc1. The molecular formula is C26H32N2O5. The van der Waals surface area contributed by atoms with Crippen molar-refractivity contribution in [2.45, 2.75) is 65.6 Å². The highest BCUT2D eigenvalue weighted by molar-refractivity contribution is 6.04. The van der Waals surface area contributed by atoms with E-state index in [0.717, 1.165) is 22.4 Å². The number of benzene rings is 2. The molecular weight excluding hydrogens is 420 g/mol. The Morgan fingerprint density at radius 1 is 1.06 bits per heavy atom. The summed E-state index contributed by atoms with van der Waals surface area (Å²) in [5.74, 6) is -0.964. The van der Waals surface area contributed by atoms with Gasteiger partial charge in [-0.05, 0) is 56.0 Å². The number of ether oxygens (including phenoxy) is 1. The van der Waals surface area contributed by atoms with Crippen molar-refractivity contribution in [1.82, 2.24) is 10.2 Å². The molecule has 2 atom stereocenters. The van der Waals surface area contributed by atoms with Gasteiger partial charge in [-0.3, -0.25) is 4.79 Å². The first-order valence-electron chi connectivity index (χ1n) is 11.5. The first kappa shape index (κ1) is 24.3. The first-order valence-corrected chi connectivity index (χ1v) is 11.5. The number of hydrogen-bond donors (Lipinski definition) is 2. The topological polar surface area (TPSA) is 95.9 Å². The summed E-state index contributed by atoms with van der Waals surface area (Å²) in [5.41, 5.74) is 1.37. The number of nitrogens with zero attached hydrogens (tertiary/aromatic N) is 1. The molecule has 0 unspecified atom stereocenters. The lowest BCUT2D eigenvalue weighted by Crippen LogP contribution is -2.73. The van der Waals surface area contributed by atoms with Crippen LogP contribution in [-0.4, -0.2) is 34.1 Å². The van der Waals surface area contributed by atoms with Crippen LogP contribution < -0.4 is 5.32 Å². The monoisotopic (exact) mass is 452 g/mol. The Hall–Kier alpha value is -3.35. The number of amides is 3. The maximum atomic E-state index is 13.2. The van der Waals surface area contributed by atoms with Gasteiger partial charge in [0.05, 0.1) is 11.6 Å². The van der Waals surface area contributed by atoms with E-state index in [1.54, 1.807) is 0 Å². The fourth-order valence-electron chi connectivity index (χ4n) is 4.29. The maximum absolute atomic E-state index is 13.2. The average molecular weight is 453 g/mol. The zero-order chi connectivity index (χ0) is 24.2. The zero-order valence-corrected chi connectivity index (χ0v) is 19.6. The summed E-state index contributed by atoms with van der Waals surface area (Å²) in [6.45, 7) is 7.73. The van der Waals surface area contributed by atoms with Crippen LogP contribution in [0.15, 0.2) is 48.5 Å². The molecule has 0 radical (unpaired) electrons. The van der Waals surface area contributed by atoms with Crippen molar-refractivity contribution in [3.8, 4) is 5.75 Å². The number of carbonyl (C=O) groups is 3. The number of imide groups is 1. The summed E-state index contributed by atoms with van der Waals surface area (Å²) in [6.07, 6.45) is 1.44. The van der Waals surface area contributed by atoms with Gasteiger partial charge in [-0.2, -0.15) is 0 Å². The molecule has 2 N–H and O–H groups in total. The van der Waals surface area contributed by atoms with Crippen LogP contribution in [0.2, 0.25) is 0 Å². The predicted octanol–water partition coefficient (Wildman–Crippen LogP) is 5.08. The number of β-lactam (4-membered cyclic amide) rings is 1. The molecule has 0 spiro atoms. The zero-order valence-electron chi connectivity index (χ0n) is 19.6. The molecule has 1 fully saturated rings. The largest absolute Gasteiger partial charge is 0.508 e. The summed E-state index contributed by atoms with van der Waals surface area (Å²) in [4.78, 5) is 40.1. The van der Waals surface area contributed by atoms with Crippen molar-refractivity contribution in [3.63, 3.8) is 0 Å². The minimum absolute atomic E-state index is 0.0286. The number of rotatable bonds is 8. The van der Waals surface area contributed by atoms with Crippen molar-refractivity contribution in [2.24, 2.45) is 5.41 Å². The second kappa shape index (κ2) is 10.1. The second-order valence-electron chi connectivity index (χ2n) is 8.54. The van der Waals surface area contributed by atoms with Gasteiger partial charge in [0, 0.05) is 0 Å². The van der Waals surface area contributed by atoms with Crippen LogP contribution in [0.5, 0.6) is 5.75 Å². The summed E-state index contributed by atoms with van der Waals surface area (Å²) >= 11 is 0. The molecule has 1 saturated heterocycles. The van der Waals surface area contributed by atoms with Crippen molar-refractivity contribution in [3.05, 3.63) is 65.2 Å². The smallest absolute Gasteiger partial charge is 0.340 e. The van der Waals surface area contributed by atoms with Crippen molar-refractivity contribution < 1.29 is 24.2 Å². The van der Waals surface area contributed by atoms with Crippen LogP contribution in [0, 0.1) is 12.3 Å². The molecule has 176 valence electrons. The van der Waals surface area contributed by atoms with Gasteiger partial charge in [0.2, 0.25) is 12.1 Å². The average Bonchev–Trinajstić information content (AvgIpc) is 2.80. The van der Waals surface area contributed by atoms with E-state index in [9.17, 15) is 19.5 Å². The number of nitrogens with one attached hydrogen (secondary N) is 1. The number of aromatic hydroxyl groups is 1. The molecule has 0 saturated carbocycles. The van der Waals surface area contributed by atoms with Crippen molar-refractivity contribution in [1.29, 1.82) is 0 Å². The highest BCUT2D eigenvalue weighted by atomic mass is 16.6. The Kier molecular flexibility index (Phi) is 7.41. The van der Waals surface area contributed by atoms with Crippen LogP contribution in [0.4, 0.5) is 4.79 Å². The Bertz CT molecular complexity index is 996. The lowest BCUT2D eigenvalue weighted by molar-refractivity contribution is -0.197. The van der Waals surface area contributed by atoms with Gasteiger partial charge in [0.25, 0.3) is 0 Å². The number of likely N-dealkylation sites (tertiary alicyclic amines) is 1. The third kappa shape index (κ3) is 4.72. The number of phenols is 1. The maximum Gasteiger partial charge on any atom is 0.340 e. The summed E-state index contributed by atoms with van der Waals surface area (Å²) in [5, 5.41) is 12.4. The molecule has 0 aromatic heterocycles. The molecule has 0 aliphatic carbocycles. The fraction of sp³-hybridized carbons (Fsp3) is 0.423. The van der Waals surface area contributed by atoms with Crippen LogP contribution in [0.25, 0.3) is 0 Å². The van der Waals surface area contributed by atoms with Gasteiger partial charge in [-0.15, -0.1) is 0 Å². The van der Waals surface area contributed by atoms with E-state index < -0.39 is 23.6 Å². The highest BCUT2D eigenvalue weighted by Crippen LogP contribution is 2.46. The summed E-state index contributed by atoms with van der Waals surface area (Å²) < 4.78 is 5.70. The Morgan fingerprint density at radius 2 is 1.67 bits per heavy atom. The summed E-state index contributed by atoms with van der Waals surface area (Å²) in [6, 6.07) is 12.7. The predicted molar refractivity (Wildman–Crippen MR) is 125 cm³/mol. The third-order valence-electron chi connectivity index (χ3n) is 6.51. The minimum Gasteiger partial charge on any atom is -0.508 e. The number of aryl methyl sites for hydroxylation is 1. The lowest BCUT2D eigenvalue weighted by atomic mass is 9.72. The molecule has 1 aliphatic rings. The molecule has 2 aromatic carbocycles. The van der Waals surface area contributed by atoms with E-state index in [0.29, 0.717) is 19.3 Å². The number of carbonyl (C=O) groups excluding carboxylic acids is 3. The van der Waals surface area contributed by atoms with E-state index in [-0.39, 0.29) is 23.3 Å². The Morgan fingerprint density at radius 3 is 2.21 bits per heavy atom. The minimum atomic E-state index is -0.999. The standard InChI is InChI=1S/C26H32N2O5/c1-5-8-21(18-11-9-17(4)10-12-18)27-25(32)28-23(31)26(6-2,7-3)24(28)33-22(30)19-13-15-20(29)16-14-19/h9-16,21,24,29H,5-8H2,1-4H3,(H,27,32)/t21-,24+/m1/s1. The normalized spacial score (nSPS) is 17.8. The molecule has 7 nitrogen and oxygen atoms in total. The molecule has 3 rings (SSSR count). The molecule has 1 heterocycles. The van der Waals surface area contributed by atoms with Gasteiger partial charge in [-0.25, -0.2) is 14.5 Å². The van der Waals surface area contributed by atoms with E-state index >= 15 is 0 Å². The lowest BCUT2D eigenvalue weighted by Gasteiger charge is -2.52. The van der Waals surface area contributed by atoms with Crippen LogP contribution in [-0.2, 0) is 9.53 Å². The van der Waals surface area contributed by atoms with Gasteiger partial charge in [0.15, 0.2) is 0 Å². The van der Waals surface area contributed by atoms with Crippen LogP contribution >= 0.6 is 0 Å². The number of urea groups is 1. The molecule has 2 aromatic rings. The Labute approximate surface area is 194 Å². The number of hydrogen-bond acceptors (Lipinski definition) is 5.